The van der Waals surface area contributed by atoms with Crippen LogP contribution in [0.15, 0.2) is 53.6 Å². The van der Waals surface area contributed by atoms with Crippen molar-refractivity contribution >= 4 is 33.7 Å². The van der Waals surface area contributed by atoms with Crippen molar-refractivity contribution in [2.75, 3.05) is 18.8 Å². The van der Waals surface area contributed by atoms with Gasteiger partial charge in [0.1, 0.15) is 5.76 Å². The summed E-state index contributed by atoms with van der Waals surface area (Å²) in [4.78, 5) is 22.3. The lowest BCUT2D eigenvalue weighted by Crippen LogP contribution is -2.37. The highest BCUT2D eigenvalue weighted by Crippen LogP contribution is 2.37. The Morgan fingerprint density at radius 1 is 1.12 bits per heavy atom. The molecule has 9 nitrogen and oxygen atoms in total. The fourth-order valence-corrected chi connectivity index (χ4v) is 4.82. The molecule has 6 rings (SSSR count). The van der Waals surface area contributed by atoms with E-state index in [1.807, 2.05) is 45.6 Å². The van der Waals surface area contributed by atoms with Crippen LogP contribution >= 0.6 is 0 Å². The summed E-state index contributed by atoms with van der Waals surface area (Å²) in [6.45, 7) is 3.14. The molecule has 4 aromatic heterocycles. The number of carbonyl (C=O) groups excluding carboxylic acids is 1. The standard InChI is InChI=1S/C25H25N7O2/c1-15(33)31-7-5-18(6-8-31)32-13-17(11-29-32)20-12-27-25(26)24-19(20)10-23(34-24)16-3-4-21-22(9-16)30(2)14-28-21/h3-4,9-14,18H,5-8H2,1-2H3,(H2,26,27). The molecule has 1 aliphatic heterocycles. The van der Waals surface area contributed by atoms with Crippen molar-refractivity contribution in [3.8, 4) is 22.5 Å². The fraction of sp³-hybridized carbons (Fsp3) is 0.280. The van der Waals surface area contributed by atoms with Gasteiger partial charge in [0, 0.05) is 61.5 Å². The van der Waals surface area contributed by atoms with Gasteiger partial charge in [0.15, 0.2) is 11.4 Å². The third-order valence-corrected chi connectivity index (χ3v) is 6.79. The highest BCUT2D eigenvalue weighted by molar-refractivity contribution is 6.00. The van der Waals surface area contributed by atoms with Crippen molar-refractivity contribution < 1.29 is 9.21 Å². The molecule has 0 atom stereocenters. The number of hydrogen-bond acceptors (Lipinski definition) is 6. The third kappa shape index (κ3) is 3.32. The molecule has 0 saturated carbocycles. The van der Waals surface area contributed by atoms with E-state index in [0.717, 1.165) is 64.8 Å². The van der Waals surface area contributed by atoms with Gasteiger partial charge >= 0.3 is 0 Å². The van der Waals surface area contributed by atoms with Gasteiger partial charge in [0.05, 0.1) is 29.6 Å². The van der Waals surface area contributed by atoms with Crippen LogP contribution in [-0.2, 0) is 11.8 Å². The monoisotopic (exact) mass is 455 g/mol. The molecule has 34 heavy (non-hydrogen) atoms. The lowest BCUT2D eigenvalue weighted by atomic mass is 10.0. The molecule has 0 bridgehead atoms. The molecule has 0 spiro atoms. The van der Waals surface area contributed by atoms with E-state index in [-0.39, 0.29) is 11.9 Å². The number of amides is 1. The maximum absolute atomic E-state index is 11.6. The molecule has 1 aromatic carbocycles. The van der Waals surface area contributed by atoms with E-state index in [4.69, 9.17) is 10.2 Å². The zero-order valence-corrected chi connectivity index (χ0v) is 19.1. The molecule has 0 unspecified atom stereocenters. The van der Waals surface area contributed by atoms with Crippen molar-refractivity contribution in [2.24, 2.45) is 7.05 Å². The number of carbonyl (C=O) groups is 1. The Morgan fingerprint density at radius 3 is 2.74 bits per heavy atom. The minimum atomic E-state index is 0.133. The molecule has 5 aromatic rings. The Morgan fingerprint density at radius 2 is 1.94 bits per heavy atom. The lowest BCUT2D eigenvalue weighted by Gasteiger charge is -2.31. The summed E-state index contributed by atoms with van der Waals surface area (Å²) < 4.78 is 10.2. The number of hydrogen-bond donors (Lipinski definition) is 1. The zero-order chi connectivity index (χ0) is 23.4. The predicted molar refractivity (Wildman–Crippen MR) is 130 cm³/mol. The van der Waals surface area contributed by atoms with Crippen LogP contribution in [0.2, 0.25) is 0 Å². The molecular weight excluding hydrogens is 430 g/mol. The second-order valence-corrected chi connectivity index (χ2v) is 8.92. The van der Waals surface area contributed by atoms with Crippen LogP contribution < -0.4 is 5.73 Å². The Balaban J connectivity index is 1.36. The molecule has 0 aliphatic carbocycles. The number of nitrogens with two attached hydrogens (primary N) is 1. The minimum Gasteiger partial charge on any atom is -0.452 e. The SMILES string of the molecule is CC(=O)N1CCC(n2cc(-c3cnc(N)c4oc(-c5ccc6ncn(C)c6c5)cc34)cn2)CC1. The van der Waals surface area contributed by atoms with Gasteiger partial charge in [-0.3, -0.25) is 9.48 Å². The lowest BCUT2D eigenvalue weighted by molar-refractivity contribution is -0.130. The van der Waals surface area contributed by atoms with Crippen LogP contribution in [0.25, 0.3) is 44.5 Å². The first kappa shape index (κ1) is 20.5. The van der Waals surface area contributed by atoms with Crippen molar-refractivity contribution in [1.29, 1.82) is 0 Å². The number of anilines is 1. The summed E-state index contributed by atoms with van der Waals surface area (Å²) in [6, 6.07) is 8.34. The van der Waals surface area contributed by atoms with E-state index in [1.165, 1.54) is 0 Å². The smallest absolute Gasteiger partial charge is 0.219 e. The zero-order valence-electron chi connectivity index (χ0n) is 19.1. The summed E-state index contributed by atoms with van der Waals surface area (Å²) in [6.07, 6.45) is 9.27. The first-order valence-corrected chi connectivity index (χ1v) is 11.4. The van der Waals surface area contributed by atoms with Gasteiger partial charge in [-0.05, 0) is 37.1 Å². The number of rotatable bonds is 3. The van der Waals surface area contributed by atoms with E-state index in [2.05, 4.69) is 27.3 Å². The Bertz CT molecular complexity index is 1540. The van der Waals surface area contributed by atoms with Gasteiger partial charge in [0.25, 0.3) is 0 Å². The number of aromatic nitrogens is 5. The van der Waals surface area contributed by atoms with Crippen LogP contribution in [0, 0.1) is 0 Å². The summed E-state index contributed by atoms with van der Waals surface area (Å²) in [5.74, 6) is 1.21. The molecule has 2 N–H and O–H groups in total. The van der Waals surface area contributed by atoms with Crippen molar-refractivity contribution in [1.82, 2.24) is 29.2 Å². The normalized spacial score (nSPS) is 14.9. The topological polar surface area (TPSA) is 108 Å². The van der Waals surface area contributed by atoms with E-state index in [0.29, 0.717) is 11.4 Å². The van der Waals surface area contributed by atoms with Crippen LogP contribution in [-0.4, -0.2) is 48.2 Å². The number of nitrogen functional groups attached to an aromatic ring is 1. The Labute approximate surface area is 195 Å². The van der Waals surface area contributed by atoms with Gasteiger partial charge in [-0.2, -0.15) is 5.10 Å². The first-order valence-electron chi connectivity index (χ1n) is 11.4. The van der Waals surface area contributed by atoms with Crippen molar-refractivity contribution in [3.63, 3.8) is 0 Å². The molecule has 0 radical (unpaired) electrons. The summed E-state index contributed by atoms with van der Waals surface area (Å²) in [7, 11) is 1.97. The maximum Gasteiger partial charge on any atom is 0.219 e. The van der Waals surface area contributed by atoms with Gasteiger partial charge in [0.2, 0.25) is 5.91 Å². The van der Waals surface area contributed by atoms with Crippen LogP contribution in [0.3, 0.4) is 0 Å². The second kappa shape index (κ2) is 7.72. The predicted octanol–water partition coefficient (Wildman–Crippen LogP) is 4.01. The molecule has 1 aliphatic rings. The Hall–Kier alpha value is -4.14. The number of benzene rings is 1. The third-order valence-electron chi connectivity index (χ3n) is 6.79. The largest absolute Gasteiger partial charge is 0.452 e. The van der Waals surface area contributed by atoms with Gasteiger partial charge in [-0.25, -0.2) is 9.97 Å². The molecule has 5 heterocycles. The number of pyridine rings is 1. The molecule has 1 saturated heterocycles. The number of furan rings is 1. The van der Waals surface area contributed by atoms with Gasteiger partial charge in [-0.15, -0.1) is 0 Å². The average Bonchev–Trinajstić information content (AvgIpc) is 3.59. The Kier molecular flexibility index (Phi) is 4.65. The van der Waals surface area contributed by atoms with E-state index >= 15 is 0 Å². The minimum absolute atomic E-state index is 0.133. The molecular formula is C25H25N7O2. The number of imidazole rings is 1. The number of piperidine rings is 1. The number of nitrogens with zero attached hydrogens (tertiary/aromatic N) is 6. The van der Waals surface area contributed by atoms with E-state index in [1.54, 1.807) is 19.4 Å². The summed E-state index contributed by atoms with van der Waals surface area (Å²) in [5, 5.41) is 5.53. The highest BCUT2D eigenvalue weighted by atomic mass is 16.3. The summed E-state index contributed by atoms with van der Waals surface area (Å²) >= 11 is 0. The quantitative estimate of drug-likeness (QED) is 0.440. The van der Waals surface area contributed by atoms with Gasteiger partial charge < -0.3 is 19.6 Å². The molecule has 9 heteroatoms. The molecule has 1 amide bonds. The first-order chi connectivity index (χ1) is 16.5. The van der Waals surface area contributed by atoms with Crippen LogP contribution in [0.5, 0.6) is 0 Å². The average molecular weight is 456 g/mol. The van der Waals surface area contributed by atoms with Crippen LogP contribution in [0.4, 0.5) is 5.82 Å². The van der Waals surface area contributed by atoms with Crippen molar-refractivity contribution in [3.05, 3.63) is 49.2 Å². The molecule has 1 fully saturated rings. The van der Waals surface area contributed by atoms with Crippen LogP contribution in [0.1, 0.15) is 25.8 Å². The number of fused-ring (bicyclic) bond motifs is 2. The van der Waals surface area contributed by atoms with E-state index in [9.17, 15) is 4.79 Å². The van der Waals surface area contributed by atoms with E-state index < -0.39 is 0 Å². The van der Waals surface area contributed by atoms with Crippen molar-refractivity contribution in [2.45, 2.75) is 25.8 Å². The molecule has 172 valence electrons. The summed E-state index contributed by atoms with van der Waals surface area (Å²) in [5.41, 5.74) is 11.5. The maximum atomic E-state index is 11.6. The van der Waals surface area contributed by atoms with Gasteiger partial charge in [-0.1, -0.05) is 0 Å². The number of likely N-dealkylation sites (tertiary alicyclic amines) is 1. The second-order valence-electron chi connectivity index (χ2n) is 8.92. The highest BCUT2D eigenvalue weighted by Gasteiger charge is 2.23. The number of aryl methyl sites for hydroxylation is 1. The fourth-order valence-electron chi connectivity index (χ4n) is 4.82.